The monoisotopic (exact) mass is 447 g/mol. The first kappa shape index (κ1) is 21.7. The molecule has 0 unspecified atom stereocenters. The largest absolute Gasteiger partial charge is 0.462 e. The van der Waals surface area contributed by atoms with Gasteiger partial charge in [-0.1, -0.05) is 0 Å². The van der Waals surface area contributed by atoms with Crippen LogP contribution in [0.5, 0.6) is 0 Å². The van der Waals surface area contributed by atoms with Crippen LogP contribution >= 0.6 is 11.3 Å². The van der Waals surface area contributed by atoms with Gasteiger partial charge in [0, 0.05) is 0 Å². The second-order valence-corrected chi connectivity index (χ2v) is 7.24. The van der Waals surface area contributed by atoms with Gasteiger partial charge in [-0.3, -0.25) is 24.4 Å². The molecular formula is C18H17N5O7S. The van der Waals surface area contributed by atoms with Crippen LogP contribution in [-0.2, 0) is 11.3 Å². The van der Waals surface area contributed by atoms with E-state index in [0.717, 1.165) is 17.5 Å². The Morgan fingerprint density at radius 2 is 2.13 bits per heavy atom. The summed E-state index contributed by atoms with van der Waals surface area (Å²) in [5.74, 6) is -1.84. The number of nitro groups is 1. The van der Waals surface area contributed by atoms with Gasteiger partial charge in [-0.15, -0.1) is 11.3 Å². The number of esters is 1. The number of primary amides is 1. The van der Waals surface area contributed by atoms with E-state index in [1.54, 1.807) is 6.92 Å². The number of amides is 2. The molecular weight excluding hydrogens is 430 g/mol. The summed E-state index contributed by atoms with van der Waals surface area (Å²) in [4.78, 5) is 46.8. The van der Waals surface area contributed by atoms with Crippen LogP contribution in [0.3, 0.4) is 0 Å². The molecule has 0 radical (unpaired) electrons. The number of nitrogens with two attached hydrogens (primary N) is 1. The minimum Gasteiger partial charge on any atom is -0.462 e. The summed E-state index contributed by atoms with van der Waals surface area (Å²) in [7, 11) is 0. The van der Waals surface area contributed by atoms with E-state index in [4.69, 9.17) is 14.9 Å². The highest BCUT2D eigenvalue weighted by Crippen LogP contribution is 2.34. The molecule has 0 fully saturated rings. The predicted octanol–water partition coefficient (Wildman–Crippen LogP) is 2.33. The van der Waals surface area contributed by atoms with Crippen molar-refractivity contribution in [2.45, 2.75) is 20.4 Å². The molecule has 0 bridgehead atoms. The van der Waals surface area contributed by atoms with Crippen LogP contribution in [0, 0.1) is 17.0 Å². The van der Waals surface area contributed by atoms with Gasteiger partial charge in [-0.05, 0) is 31.5 Å². The van der Waals surface area contributed by atoms with Gasteiger partial charge in [0.05, 0.1) is 28.5 Å². The van der Waals surface area contributed by atoms with Gasteiger partial charge < -0.3 is 20.2 Å². The third kappa shape index (κ3) is 4.61. The Morgan fingerprint density at radius 3 is 2.74 bits per heavy atom. The Morgan fingerprint density at radius 1 is 1.39 bits per heavy atom. The molecule has 0 aliphatic heterocycles. The zero-order valence-corrected chi connectivity index (χ0v) is 17.2. The molecule has 2 amide bonds. The van der Waals surface area contributed by atoms with Crippen LogP contribution in [0.15, 0.2) is 28.9 Å². The van der Waals surface area contributed by atoms with Crippen molar-refractivity contribution in [3.05, 3.63) is 62.2 Å². The summed E-state index contributed by atoms with van der Waals surface area (Å²) < 4.78 is 11.8. The Bertz CT molecular complexity index is 1180. The third-order valence-corrected chi connectivity index (χ3v) is 5.33. The first-order valence-corrected chi connectivity index (χ1v) is 9.70. The molecule has 13 heteroatoms. The molecule has 162 valence electrons. The van der Waals surface area contributed by atoms with Crippen molar-refractivity contribution in [2.24, 2.45) is 5.73 Å². The number of aromatic nitrogens is 2. The maximum Gasteiger partial charge on any atom is 0.341 e. The molecule has 12 nitrogen and oxygen atoms in total. The highest BCUT2D eigenvalue weighted by molar-refractivity contribution is 7.18. The molecule has 0 atom stereocenters. The highest BCUT2D eigenvalue weighted by Gasteiger charge is 2.26. The van der Waals surface area contributed by atoms with Crippen molar-refractivity contribution in [2.75, 3.05) is 11.9 Å². The SMILES string of the molecule is CCOC(=O)c1c(NC(=O)c2ccc(Cn3cc([N+](=O)[O-])cn3)o2)sc(C(N)=O)c1C. The summed E-state index contributed by atoms with van der Waals surface area (Å²) in [6, 6.07) is 2.92. The van der Waals surface area contributed by atoms with E-state index in [9.17, 15) is 24.5 Å². The van der Waals surface area contributed by atoms with E-state index in [1.807, 2.05) is 0 Å². The number of thiophene rings is 1. The number of carbonyl (C=O) groups excluding carboxylic acids is 3. The first-order valence-electron chi connectivity index (χ1n) is 8.88. The molecule has 0 saturated heterocycles. The van der Waals surface area contributed by atoms with E-state index < -0.39 is 22.7 Å². The van der Waals surface area contributed by atoms with Crippen LogP contribution in [0.1, 0.15) is 48.8 Å². The van der Waals surface area contributed by atoms with Crippen molar-refractivity contribution in [3.8, 4) is 0 Å². The van der Waals surface area contributed by atoms with Gasteiger partial charge in [-0.25, -0.2) is 4.79 Å². The van der Waals surface area contributed by atoms with Gasteiger partial charge in [-0.2, -0.15) is 5.10 Å². The van der Waals surface area contributed by atoms with Crippen LogP contribution in [-0.4, -0.2) is 39.1 Å². The topological polar surface area (TPSA) is 173 Å². The number of anilines is 1. The van der Waals surface area contributed by atoms with Crippen molar-refractivity contribution in [1.82, 2.24) is 9.78 Å². The average Bonchev–Trinajstić information content (AvgIpc) is 3.41. The Balaban J connectivity index is 1.80. The summed E-state index contributed by atoms with van der Waals surface area (Å²) in [6.07, 6.45) is 2.33. The quantitative estimate of drug-likeness (QED) is 0.301. The molecule has 0 aliphatic rings. The van der Waals surface area contributed by atoms with Gasteiger partial charge >= 0.3 is 11.7 Å². The van der Waals surface area contributed by atoms with E-state index in [2.05, 4.69) is 10.4 Å². The second-order valence-electron chi connectivity index (χ2n) is 6.22. The molecule has 3 heterocycles. The fourth-order valence-corrected chi connectivity index (χ4v) is 3.77. The molecule has 3 aromatic heterocycles. The van der Waals surface area contributed by atoms with E-state index in [-0.39, 0.29) is 40.0 Å². The summed E-state index contributed by atoms with van der Waals surface area (Å²) in [5, 5.41) is 17.2. The van der Waals surface area contributed by atoms with Crippen molar-refractivity contribution >= 4 is 39.8 Å². The number of furan rings is 1. The molecule has 31 heavy (non-hydrogen) atoms. The fraction of sp³-hybridized carbons (Fsp3) is 0.222. The minimum absolute atomic E-state index is 0.0460. The number of hydrogen-bond donors (Lipinski definition) is 2. The fourth-order valence-electron chi connectivity index (χ4n) is 2.73. The van der Waals surface area contributed by atoms with Crippen molar-refractivity contribution in [1.29, 1.82) is 0 Å². The van der Waals surface area contributed by atoms with Gasteiger partial charge in [0.15, 0.2) is 5.76 Å². The zero-order chi connectivity index (χ0) is 22.7. The number of nitrogens with one attached hydrogen (secondary N) is 1. The lowest BCUT2D eigenvalue weighted by molar-refractivity contribution is -0.385. The van der Waals surface area contributed by atoms with Crippen LogP contribution < -0.4 is 11.1 Å². The summed E-state index contributed by atoms with van der Waals surface area (Å²) in [6.45, 7) is 3.35. The third-order valence-electron chi connectivity index (χ3n) is 4.11. The lowest BCUT2D eigenvalue weighted by Crippen LogP contribution is -2.14. The number of nitrogens with zero attached hydrogens (tertiary/aromatic N) is 3. The lowest BCUT2D eigenvalue weighted by atomic mass is 10.1. The smallest absolute Gasteiger partial charge is 0.341 e. The van der Waals surface area contributed by atoms with Gasteiger partial charge in [0.2, 0.25) is 0 Å². The Kier molecular flexibility index (Phi) is 6.15. The molecule has 0 aromatic carbocycles. The average molecular weight is 447 g/mol. The second kappa shape index (κ2) is 8.79. The molecule has 3 N–H and O–H groups in total. The Hall–Kier alpha value is -4.00. The van der Waals surface area contributed by atoms with Crippen molar-refractivity contribution in [3.63, 3.8) is 0 Å². The zero-order valence-electron chi connectivity index (χ0n) is 16.4. The molecule has 0 saturated carbocycles. The van der Waals surface area contributed by atoms with Crippen LogP contribution in [0.2, 0.25) is 0 Å². The minimum atomic E-state index is -0.734. The predicted molar refractivity (Wildman–Crippen MR) is 108 cm³/mol. The maximum absolute atomic E-state index is 12.6. The van der Waals surface area contributed by atoms with E-state index in [0.29, 0.717) is 11.3 Å². The molecule has 3 rings (SSSR count). The lowest BCUT2D eigenvalue weighted by Gasteiger charge is -2.06. The Labute approximate surface area is 178 Å². The van der Waals surface area contributed by atoms with Crippen LogP contribution in [0.4, 0.5) is 10.7 Å². The van der Waals surface area contributed by atoms with Crippen molar-refractivity contribution < 1.29 is 28.5 Å². The first-order chi connectivity index (χ1) is 14.7. The van der Waals surface area contributed by atoms with Crippen LogP contribution in [0.25, 0.3) is 0 Å². The maximum atomic E-state index is 12.6. The van der Waals surface area contributed by atoms with E-state index >= 15 is 0 Å². The number of ether oxygens (including phenoxy) is 1. The molecule has 0 aliphatic carbocycles. The standard InChI is InChI=1S/C18H17N5O7S/c1-3-29-18(26)13-9(2)14(15(19)24)31-17(13)21-16(25)12-5-4-11(30-12)8-22-7-10(6-20-22)23(27)28/h4-7H,3,8H2,1-2H3,(H2,19,24)(H,21,25). The van der Waals surface area contributed by atoms with E-state index in [1.165, 1.54) is 29.9 Å². The number of rotatable bonds is 8. The summed E-state index contributed by atoms with van der Waals surface area (Å²) >= 11 is 0.859. The highest BCUT2D eigenvalue weighted by atomic mass is 32.1. The molecule has 3 aromatic rings. The number of carbonyl (C=O) groups is 3. The summed E-state index contributed by atoms with van der Waals surface area (Å²) in [5.41, 5.74) is 5.53. The number of hydrogen-bond acceptors (Lipinski definition) is 9. The van der Waals surface area contributed by atoms with Gasteiger partial charge in [0.1, 0.15) is 23.2 Å². The van der Waals surface area contributed by atoms with Gasteiger partial charge in [0.25, 0.3) is 11.8 Å². The molecule has 0 spiro atoms. The normalized spacial score (nSPS) is 10.6.